The summed E-state index contributed by atoms with van der Waals surface area (Å²) in [6.45, 7) is 6.96. The number of hydrogen-bond donors (Lipinski definition) is 1. The van der Waals surface area contributed by atoms with Crippen molar-refractivity contribution in [1.29, 1.82) is 0 Å². The van der Waals surface area contributed by atoms with Crippen LogP contribution in [0.4, 0.5) is 0 Å². The first-order chi connectivity index (χ1) is 6.81. The lowest BCUT2D eigenvalue weighted by Crippen LogP contribution is -2.14. The van der Waals surface area contributed by atoms with Crippen LogP contribution in [0.1, 0.15) is 32.6 Å². The van der Waals surface area contributed by atoms with Gasteiger partial charge in [0.1, 0.15) is 6.29 Å². The zero-order chi connectivity index (χ0) is 10.4. The minimum atomic E-state index is 0.173. The summed E-state index contributed by atoms with van der Waals surface area (Å²) in [7, 11) is 0. The Morgan fingerprint density at radius 1 is 1.57 bits per heavy atom. The van der Waals surface area contributed by atoms with Crippen molar-refractivity contribution < 1.29 is 4.79 Å². The molecule has 1 unspecified atom stereocenters. The molecule has 14 heavy (non-hydrogen) atoms. The number of unbranched alkanes of at least 4 members (excludes halogenated alkanes) is 1. The van der Waals surface area contributed by atoms with Gasteiger partial charge in [0.2, 0.25) is 0 Å². The summed E-state index contributed by atoms with van der Waals surface area (Å²) in [5, 5.41) is 3.40. The van der Waals surface area contributed by atoms with Crippen molar-refractivity contribution in [3.8, 4) is 0 Å². The second-order valence-electron chi connectivity index (χ2n) is 3.79. The average molecular weight is 193 g/mol. The Kier molecular flexibility index (Phi) is 4.44. The summed E-state index contributed by atoms with van der Waals surface area (Å²) in [6, 6.07) is 0. The number of hydrogen-bond acceptors (Lipinski definition) is 2. The number of rotatable bonds is 6. The van der Waals surface area contributed by atoms with Gasteiger partial charge in [-0.25, -0.2) is 0 Å². The minimum Gasteiger partial charge on any atom is -0.388 e. The van der Waals surface area contributed by atoms with Gasteiger partial charge in [-0.1, -0.05) is 26.0 Å². The fourth-order valence-electron chi connectivity index (χ4n) is 1.78. The predicted molar refractivity (Wildman–Crippen MR) is 58.9 cm³/mol. The SMILES string of the molecule is C=CC1=C(NCCCC)CC(C=O)C1. The molecule has 0 aliphatic heterocycles. The summed E-state index contributed by atoms with van der Waals surface area (Å²) in [4.78, 5) is 10.7. The lowest BCUT2D eigenvalue weighted by molar-refractivity contribution is -0.110. The second-order valence-corrected chi connectivity index (χ2v) is 3.79. The van der Waals surface area contributed by atoms with E-state index in [0.29, 0.717) is 0 Å². The fourth-order valence-corrected chi connectivity index (χ4v) is 1.78. The molecule has 1 atom stereocenters. The van der Waals surface area contributed by atoms with E-state index in [1.807, 2.05) is 6.08 Å². The maximum Gasteiger partial charge on any atom is 0.123 e. The van der Waals surface area contributed by atoms with Crippen molar-refractivity contribution in [3.63, 3.8) is 0 Å². The highest BCUT2D eigenvalue weighted by molar-refractivity contribution is 5.57. The zero-order valence-corrected chi connectivity index (χ0v) is 8.88. The maximum atomic E-state index is 10.7. The molecule has 0 aromatic heterocycles. The summed E-state index contributed by atoms with van der Waals surface area (Å²) < 4.78 is 0. The van der Waals surface area contributed by atoms with Crippen molar-refractivity contribution in [2.45, 2.75) is 32.6 Å². The molecule has 0 aromatic carbocycles. The Morgan fingerprint density at radius 3 is 2.93 bits per heavy atom. The van der Waals surface area contributed by atoms with E-state index in [1.165, 1.54) is 24.1 Å². The largest absolute Gasteiger partial charge is 0.388 e. The van der Waals surface area contributed by atoms with Gasteiger partial charge in [-0.2, -0.15) is 0 Å². The monoisotopic (exact) mass is 193 g/mol. The maximum absolute atomic E-state index is 10.7. The first-order valence-corrected chi connectivity index (χ1v) is 5.35. The highest BCUT2D eigenvalue weighted by Crippen LogP contribution is 2.29. The number of carbonyl (C=O) groups excluding carboxylic acids is 1. The van der Waals surface area contributed by atoms with Crippen LogP contribution in [0.15, 0.2) is 23.9 Å². The van der Waals surface area contributed by atoms with E-state index in [4.69, 9.17) is 0 Å². The molecule has 1 rings (SSSR count). The molecule has 0 bridgehead atoms. The van der Waals surface area contributed by atoms with Gasteiger partial charge < -0.3 is 10.1 Å². The molecular weight excluding hydrogens is 174 g/mol. The van der Waals surface area contributed by atoms with E-state index < -0.39 is 0 Å². The van der Waals surface area contributed by atoms with E-state index in [-0.39, 0.29) is 5.92 Å². The molecule has 0 spiro atoms. The number of allylic oxidation sites excluding steroid dienone is 3. The Bertz CT molecular complexity index is 243. The van der Waals surface area contributed by atoms with Gasteiger partial charge in [0, 0.05) is 18.2 Å². The summed E-state index contributed by atoms with van der Waals surface area (Å²) in [6.07, 6.45) is 7.03. The van der Waals surface area contributed by atoms with E-state index in [9.17, 15) is 4.79 Å². The molecule has 0 saturated carbocycles. The van der Waals surface area contributed by atoms with Gasteiger partial charge in [-0.3, -0.25) is 0 Å². The average Bonchev–Trinajstić information content (AvgIpc) is 2.61. The van der Waals surface area contributed by atoms with E-state index >= 15 is 0 Å². The molecule has 0 aromatic rings. The quantitative estimate of drug-likeness (QED) is 0.518. The topological polar surface area (TPSA) is 29.1 Å². The molecule has 1 aliphatic carbocycles. The van der Waals surface area contributed by atoms with Crippen LogP contribution in [0.3, 0.4) is 0 Å². The van der Waals surface area contributed by atoms with Gasteiger partial charge in [-0.05, 0) is 24.8 Å². The summed E-state index contributed by atoms with van der Waals surface area (Å²) in [5.74, 6) is 0.173. The second kappa shape index (κ2) is 5.63. The van der Waals surface area contributed by atoms with Crippen LogP contribution in [0.5, 0.6) is 0 Å². The molecule has 2 nitrogen and oxygen atoms in total. The van der Waals surface area contributed by atoms with Gasteiger partial charge >= 0.3 is 0 Å². The predicted octanol–water partition coefficient (Wildman–Crippen LogP) is 2.43. The van der Waals surface area contributed by atoms with Crippen LogP contribution in [0.25, 0.3) is 0 Å². The molecule has 0 heterocycles. The molecule has 0 amide bonds. The fraction of sp³-hybridized carbons (Fsp3) is 0.583. The first-order valence-electron chi connectivity index (χ1n) is 5.35. The summed E-state index contributed by atoms with van der Waals surface area (Å²) in [5.41, 5.74) is 2.45. The minimum absolute atomic E-state index is 0.173. The Hall–Kier alpha value is -1.05. The van der Waals surface area contributed by atoms with Crippen LogP contribution >= 0.6 is 0 Å². The lowest BCUT2D eigenvalue weighted by Gasteiger charge is -2.07. The van der Waals surface area contributed by atoms with Gasteiger partial charge in [0.25, 0.3) is 0 Å². The molecule has 2 heteroatoms. The number of aldehydes is 1. The Balaban J connectivity index is 2.47. The molecule has 1 N–H and O–H groups in total. The highest BCUT2D eigenvalue weighted by atomic mass is 16.1. The molecule has 0 fully saturated rings. The van der Waals surface area contributed by atoms with Crippen molar-refractivity contribution >= 4 is 6.29 Å². The van der Waals surface area contributed by atoms with Gasteiger partial charge in [-0.15, -0.1) is 0 Å². The number of carbonyl (C=O) groups is 1. The first kappa shape index (κ1) is 11.0. The summed E-state index contributed by atoms with van der Waals surface area (Å²) >= 11 is 0. The lowest BCUT2D eigenvalue weighted by atomic mass is 10.1. The van der Waals surface area contributed by atoms with Crippen LogP contribution < -0.4 is 5.32 Å². The van der Waals surface area contributed by atoms with Crippen LogP contribution in [0, 0.1) is 5.92 Å². The molecule has 0 radical (unpaired) electrons. The van der Waals surface area contributed by atoms with Gasteiger partial charge in [0.15, 0.2) is 0 Å². The number of nitrogens with one attached hydrogen (secondary N) is 1. The van der Waals surface area contributed by atoms with Crippen molar-refractivity contribution in [2.24, 2.45) is 5.92 Å². The molecular formula is C12H19NO. The normalized spacial score (nSPS) is 21.1. The third-order valence-corrected chi connectivity index (χ3v) is 2.64. The Morgan fingerprint density at radius 2 is 2.36 bits per heavy atom. The van der Waals surface area contributed by atoms with Crippen LogP contribution in [-0.2, 0) is 4.79 Å². The standard InChI is InChI=1S/C12H19NO/c1-3-5-6-13-12-8-10(9-14)7-11(12)4-2/h4,9-10,13H,2-3,5-8H2,1H3. The van der Waals surface area contributed by atoms with Crippen molar-refractivity contribution in [1.82, 2.24) is 5.32 Å². The van der Waals surface area contributed by atoms with Gasteiger partial charge in [0.05, 0.1) is 0 Å². The van der Waals surface area contributed by atoms with Crippen molar-refractivity contribution in [2.75, 3.05) is 6.54 Å². The Labute approximate surface area is 86.1 Å². The van der Waals surface area contributed by atoms with Crippen molar-refractivity contribution in [3.05, 3.63) is 23.9 Å². The molecule has 0 saturated heterocycles. The molecule has 78 valence electrons. The van der Waals surface area contributed by atoms with Crippen LogP contribution in [0.2, 0.25) is 0 Å². The smallest absolute Gasteiger partial charge is 0.123 e. The third-order valence-electron chi connectivity index (χ3n) is 2.64. The van der Waals surface area contributed by atoms with E-state index in [2.05, 4.69) is 18.8 Å². The zero-order valence-electron chi connectivity index (χ0n) is 8.88. The third kappa shape index (κ3) is 2.72. The molecule has 1 aliphatic rings. The highest BCUT2D eigenvalue weighted by Gasteiger charge is 2.21. The van der Waals surface area contributed by atoms with E-state index in [0.717, 1.165) is 25.7 Å². The van der Waals surface area contributed by atoms with E-state index in [1.54, 1.807) is 0 Å². The van der Waals surface area contributed by atoms with Crippen LogP contribution in [-0.4, -0.2) is 12.8 Å².